The van der Waals surface area contributed by atoms with Crippen molar-refractivity contribution in [2.45, 2.75) is 0 Å². The molecule has 1 aliphatic heterocycles. The molecule has 0 atom stereocenters. The first-order valence-corrected chi connectivity index (χ1v) is 3.64. The van der Waals surface area contributed by atoms with Crippen LogP contribution in [0.5, 0.6) is 0 Å². The van der Waals surface area contributed by atoms with E-state index in [-0.39, 0.29) is 5.78 Å². The molecule has 0 bridgehead atoms. The van der Waals surface area contributed by atoms with Gasteiger partial charge >= 0.3 is 0 Å². The highest BCUT2D eigenvalue weighted by Crippen LogP contribution is 2.01. The average Bonchev–Trinajstić information content (AvgIpc) is 1.88. The van der Waals surface area contributed by atoms with Gasteiger partial charge in [0.1, 0.15) is 0 Å². The van der Waals surface area contributed by atoms with Gasteiger partial charge in [0, 0.05) is 0 Å². The van der Waals surface area contributed by atoms with Crippen molar-refractivity contribution < 1.29 is 4.79 Å². The van der Waals surface area contributed by atoms with Crippen molar-refractivity contribution in [2.75, 3.05) is 12.8 Å². The molecule has 0 radical (unpaired) electrons. The Hall–Kier alpha value is -0.550. The van der Waals surface area contributed by atoms with E-state index in [9.17, 15) is 4.79 Å². The van der Waals surface area contributed by atoms with Crippen molar-refractivity contribution in [3.63, 3.8) is 0 Å². The molecule has 1 aliphatic rings. The summed E-state index contributed by atoms with van der Waals surface area (Å²) in [6.07, 6.45) is 3.16. The highest BCUT2D eigenvalue weighted by molar-refractivity contribution is 7.96. The quantitative estimate of drug-likeness (QED) is 0.512. The fraction of sp³-hybridized carbons (Fsp3) is 0.500. The van der Waals surface area contributed by atoms with Crippen molar-refractivity contribution in [3.8, 4) is 0 Å². The summed E-state index contributed by atoms with van der Waals surface area (Å²) in [6.45, 7) is 0.394. The van der Waals surface area contributed by atoms with Crippen LogP contribution < -0.4 is 5.53 Å². The Bertz CT molecular complexity index is 147. The first kappa shape index (κ1) is 6.57. The van der Waals surface area contributed by atoms with Gasteiger partial charge in [-0.2, -0.15) is 5.10 Å². The first-order valence-electron chi connectivity index (χ1n) is 2.46. The molecule has 1 rings (SSSR count). The van der Waals surface area contributed by atoms with E-state index in [0.29, 0.717) is 6.54 Å². The number of carbonyl (C=O) groups excluding carboxylic acids is 1. The van der Waals surface area contributed by atoms with Crippen LogP contribution >= 0.6 is 11.9 Å². The van der Waals surface area contributed by atoms with Gasteiger partial charge in [0.25, 0.3) is 0 Å². The molecular weight excluding hydrogens is 138 g/mol. The van der Waals surface area contributed by atoms with Crippen molar-refractivity contribution in [2.24, 2.45) is 5.10 Å². The minimum atomic E-state index is 0.0306. The molecule has 4 nitrogen and oxygen atoms in total. The Kier molecular flexibility index (Phi) is 2.07. The Morgan fingerprint density at radius 2 is 2.78 bits per heavy atom. The maximum Gasteiger partial charge on any atom is 0.192 e. The number of ketones is 1. The zero-order chi connectivity index (χ0) is 6.69. The normalized spacial score (nSPS) is 19.9. The number of Topliss-reactive ketones (excluding diaryl/α,β-unsaturated/α-hetero) is 1. The number of carbonyl (C=O) groups is 1. The van der Waals surface area contributed by atoms with Crippen molar-refractivity contribution >= 4 is 23.9 Å². The number of hydrogen-bond acceptors (Lipinski definition) is 5. The van der Waals surface area contributed by atoms with Gasteiger partial charge in [-0.25, -0.2) is 5.53 Å². The Labute approximate surface area is 57.4 Å². The summed E-state index contributed by atoms with van der Waals surface area (Å²) in [5.41, 5.74) is 2.64. The SMILES string of the molecule is CSN1CC(=O)C=NN1. The lowest BCUT2D eigenvalue weighted by Gasteiger charge is -2.18. The molecule has 0 unspecified atom stereocenters. The lowest BCUT2D eigenvalue weighted by Crippen LogP contribution is -2.37. The van der Waals surface area contributed by atoms with Crippen LogP contribution in [0.1, 0.15) is 0 Å². The second kappa shape index (κ2) is 2.84. The second-order valence-corrected chi connectivity index (χ2v) is 2.35. The molecule has 9 heavy (non-hydrogen) atoms. The van der Waals surface area contributed by atoms with E-state index in [1.165, 1.54) is 18.2 Å². The van der Waals surface area contributed by atoms with E-state index in [0.717, 1.165) is 0 Å². The third kappa shape index (κ3) is 1.69. The molecule has 0 spiro atoms. The summed E-state index contributed by atoms with van der Waals surface area (Å²) in [5.74, 6) is 0.0306. The molecule has 0 amide bonds. The molecule has 0 aliphatic carbocycles. The number of nitrogens with one attached hydrogen (secondary N) is 1. The van der Waals surface area contributed by atoms with E-state index in [1.807, 2.05) is 6.26 Å². The van der Waals surface area contributed by atoms with Crippen molar-refractivity contribution in [1.82, 2.24) is 9.95 Å². The van der Waals surface area contributed by atoms with Gasteiger partial charge in [0.05, 0.1) is 12.8 Å². The molecule has 50 valence electrons. The summed E-state index contributed by atoms with van der Waals surface area (Å²) in [5, 5.41) is 3.59. The highest BCUT2D eigenvalue weighted by Gasteiger charge is 2.10. The molecule has 0 saturated heterocycles. The summed E-state index contributed by atoms with van der Waals surface area (Å²) in [6, 6.07) is 0. The van der Waals surface area contributed by atoms with Crippen LogP contribution in [0.25, 0.3) is 0 Å². The molecule has 0 saturated carbocycles. The van der Waals surface area contributed by atoms with Crippen LogP contribution in [0, 0.1) is 0 Å². The van der Waals surface area contributed by atoms with E-state index in [1.54, 1.807) is 4.41 Å². The van der Waals surface area contributed by atoms with Crippen LogP contribution in [0.2, 0.25) is 0 Å². The summed E-state index contributed by atoms with van der Waals surface area (Å²) < 4.78 is 1.66. The molecule has 1 N–H and O–H groups in total. The van der Waals surface area contributed by atoms with Gasteiger partial charge in [-0.1, -0.05) is 11.9 Å². The summed E-state index contributed by atoms with van der Waals surface area (Å²) in [7, 11) is 0. The lowest BCUT2D eigenvalue weighted by atomic mass is 10.4. The van der Waals surface area contributed by atoms with E-state index < -0.39 is 0 Å². The molecule has 5 heteroatoms. The lowest BCUT2D eigenvalue weighted by molar-refractivity contribution is -0.113. The molecule has 1 heterocycles. The van der Waals surface area contributed by atoms with E-state index >= 15 is 0 Å². The van der Waals surface area contributed by atoms with Gasteiger partial charge in [-0.3, -0.25) is 4.79 Å². The molecular formula is C4H7N3OS. The smallest absolute Gasteiger partial charge is 0.192 e. The van der Waals surface area contributed by atoms with Crippen LogP contribution in [0.15, 0.2) is 5.10 Å². The fourth-order valence-corrected chi connectivity index (χ4v) is 0.873. The molecule has 0 aromatic carbocycles. The summed E-state index contributed by atoms with van der Waals surface area (Å²) >= 11 is 1.44. The molecule has 0 aromatic rings. The standard InChI is InChI=1S/C4H7N3OS/c1-9-7-3-4(8)2-5-6-7/h2,6H,3H2,1H3. The first-order chi connectivity index (χ1) is 4.33. The van der Waals surface area contributed by atoms with Crippen LogP contribution in [0.4, 0.5) is 0 Å². The second-order valence-electron chi connectivity index (χ2n) is 1.54. The topological polar surface area (TPSA) is 44.7 Å². The Morgan fingerprint density at radius 1 is 2.00 bits per heavy atom. The predicted octanol–water partition coefficient (Wildman–Crippen LogP) is -0.360. The minimum Gasteiger partial charge on any atom is -0.291 e. The van der Waals surface area contributed by atoms with E-state index in [2.05, 4.69) is 10.6 Å². The monoisotopic (exact) mass is 145 g/mol. The van der Waals surface area contributed by atoms with Gasteiger partial charge < -0.3 is 0 Å². The average molecular weight is 145 g/mol. The Balaban J connectivity index is 2.47. The van der Waals surface area contributed by atoms with Crippen LogP contribution in [0.3, 0.4) is 0 Å². The van der Waals surface area contributed by atoms with Crippen LogP contribution in [-0.2, 0) is 4.79 Å². The third-order valence-corrected chi connectivity index (χ3v) is 1.55. The van der Waals surface area contributed by atoms with Gasteiger partial charge in [0.15, 0.2) is 5.78 Å². The maximum absolute atomic E-state index is 10.6. The molecule has 0 aromatic heterocycles. The molecule has 0 fully saturated rings. The van der Waals surface area contributed by atoms with Crippen molar-refractivity contribution in [3.05, 3.63) is 0 Å². The minimum absolute atomic E-state index is 0.0306. The zero-order valence-corrected chi connectivity index (χ0v) is 5.81. The third-order valence-electron chi connectivity index (χ3n) is 0.898. The highest BCUT2D eigenvalue weighted by atomic mass is 32.2. The van der Waals surface area contributed by atoms with E-state index in [4.69, 9.17) is 0 Å². The maximum atomic E-state index is 10.6. The number of hydrazine groups is 1. The fourth-order valence-electron chi connectivity index (χ4n) is 0.488. The predicted molar refractivity (Wildman–Crippen MR) is 36.9 cm³/mol. The van der Waals surface area contributed by atoms with Crippen LogP contribution in [-0.4, -0.2) is 29.2 Å². The van der Waals surface area contributed by atoms with Gasteiger partial charge in [-0.15, -0.1) is 4.41 Å². The number of nitrogens with zero attached hydrogens (tertiary/aromatic N) is 2. The van der Waals surface area contributed by atoms with Gasteiger partial charge in [-0.05, 0) is 6.26 Å². The number of rotatable bonds is 1. The summed E-state index contributed by atoms with van der Waals surface area (Å²) in [4.78, 5) is 10.6. The number of hydrogen-bond donors (Lipinski definition) is 1. The van der Waals surface area contributed by atoms with Gasteiger partial charge in [0.2, 0.25) is 0 Å². The number of hydrazone groups is 1. The zero-order valence-electron chi connectivity index (χ0n) is 5.00. The Morgan fingerprint density at radius 3 is 3.22 bits per heavy atom. The van der Waals surface area contributed by atoms with Crippen molar-refractivity contribution in [1.29, 1.82) is 0 Å². The largest absolute Gasteiger partial charge is 0.291 e.